The van der Waals surface area contributed by atoms with Crippen molar-refractivity contribution < 1.29 is 14.7 Å². The van der Waals surface area contributed by atoms with Gasteiger partial charge in [0.1, 0.15) is 0 Å². The Labute approximate surface area is 152 Å². The van der Waals surface area contributed by atoms with Gasteiger partial charge in [-0.3, -0.25) is 4.79 Å². The summed E-state index contributed by atoms with van der Waals surface area (Å²) in [6, 6.07) is 11.3. The van der Waals surface area contributed by atoms with E-state index in [1.165, 1.54) is 12.1 Å². The summed E-state index contributed by atoms with van der Waals surface area (Å²) in [5.74, 6) is -1.38. The molecule has 6 heteroatoms. The summed E-state index contributed by atoms with van der Waals surface area (Å²) < 4.78 is 0. The summed E-state index contributed by atoms with van der Waals surface area (Å²) >= 11 is 5.93. The Morgan fingerprint density at radius 2 is 1.92 bits per heavy atom. The molecule has 132 valence electrons. The van der Waals surface area contributed by atoms with Gasteiger partial charge in [-0.25, -0.2) is 4.79 Å². The van der Waals surface area contributed by atoms with Gasteiger partial charge in [0, 0.05) is 24.2 Å². The van der Waals surface area contributed by atoms with E-state index in [1.807, 2.05) is 11.9 Å². The van der Waals surface area contributed by atoms with E-state index in [0.717, 1.165) is 25.1 Å². The van der Waals surface area contributed by atoms with Gasteiger partial charge in [-0.05, 0) is 42.8 Å². The summed E-state index contributed by atoms with van der Waals surface area (Å²) in [7, 11) is 1.92. The van der Waals surface area contributed by atoms with E-state index in [9.17, 15) is 14.7 Å². The first-order valence-electron chi connectivity index (χ1n) is 8.07. The van der Waals surface area contributed by atoms with E-state index < -0.39 is 5.97 Å². The summed E-state index contributed by atoms with van der Waals surface area (Å²) in [6.07, 6.45) is 2.04. The molecule has 1 amide bonds. The van der Waals surface area contributed by atoms with Gasteiger partial charge in [0.25, 0.3) is 5.91 Å². The van der Waals surface area contributed by atoms with Crippen molar-refractivity contribution in [2.45, 2.75) is 19.8 Å². The molecule has 25 heavy (non-hydrogen) atoms. The average Bonchev–Trinajstić information content (AvgIpc) is 2.59. The second-order valence-corrected chi connectivity index (χ2v) is 6.21. The number of nitrogens with one attached hydrogen (secondary N) is 1. The molecular formula is C19H21ClN2O3. The number of nitrogens with zero attached hydrogens (tertiary/aromatic N) is 1. The summed E-state index contributed by atoms with van der Waals surface area (Å²) in [5, 5.41) is 12.5. The molecule has 0 aliphatic rings. The van der Waals surface area contributed by atoms with Crippen LogP contribution in [0.1, 0.15) is 40.5 Å². The van der Waals surface area contributed by atoms with Crippen LogP contribution in [0.25, 0.3) is 0 Å². The van der Waals surface area contributed by atoms with Crippen molar-refractivity contribution in [1.82, 2.24) is 0 Å². The third-order valence-corrected chi connectivity index (χ3v) is 4.07. The van der Waals surface area contributed by atoms with Crippen molar-refractivity contribution >= 4 is 34.9 Å². The molecule has 0 fully saturated rings. The van der Waals surface area contributed by atoms with Crippen LogP contribution in [0.2, 0.25) is 5.02 Å². The maximum Gasteiger partial charge on any atom is 0.335 e. The van der Waals surface area contributed by atoms with Crippen LogP contribution in [0.5, 0.6) is 0 Å². The molecule has 2 aromatic carbocycles. The number of amides is 1. The van der Waals surface area contributed by atoms with Crippen molar-refractivity contribution in [3.8, 4) is 0 Å². The molecule has 0 atom stereocenters. The molecule has 0 aromatic heterocycles. The van der Waals surface area contributed by atoms with E-state index in [4.69, 9.17) is 11.6 Å². The number of benzene rings is 2. The number of hydrogen-bond donors (Lipinski definition) is 2. The zero-order valence-electron chi connectivity index (χ0n) is 14.3. The Morgan fingerprint density at radius 3 is 2.56 bits per heavy atom. The fourth-order valence-electron chi connectivity index (χ4n) is 2.44. The van der Waals surface area contributed by atoms with Crippen molar-refractivity contribution in [2.75, 3.05) is 23.8 Å². The highest BCUT2D eigenvalue weighted by Crippen LogP contribution is 2.27. The van der Waals surface area contributed by atoms with Crippen LogP contribution < -0.4 is 10.2 Å². The zero-order chi connectivity index (χ0) is 18.4. The smallest absolute Gasteiger partial charge is 0.335 e. The maximum atomic E-state index is 12.5. The number of halogens is 1. The number of carbonyl (C=O) groups excluding carboxylic acids is 1. The monoisotopic (exact) mass is 360 g/mol. The predicted octanol–water partition coefficient (Wildman–Crippen LogP) is 4.53. The molecule has 0 bridgehead atoms. The maximum absolute atomic E-state index is 12.5. The largest absolute Gasteiger partial charge is 0.478 e. The molecule has 2 rings (SSSR count). The third kappa shape index (κ3) is 4.97. The molecule has 0 aliphatic carbocycles. The minimum absolute atomic E-state index is 0.119. The van der Waals surface area contributed by atoms with Crippen LogP contribution in [-0.2, 0) is 0 Å². The summed E-state index contributed by atoms with van der Waals surface area (Å²) in [4.78, 5) is 25.8. The minimum atomic E-state index is -1.04. The lowest BCUT2D eigenvalue weighted by Crippen LogP contribution is -2.22. The molecule has 2 aromatic rings. The number of carboxylic acid groups (broad SMARTS) is 1. The van der Waals surface area contributed by atoms with Gasteiger partial charge in [-0.1, -0.05) is 31.0 Å². The highest BCUT2D eigenvalue weighted by Gasteiger charge is 2.15. The lowest BCUT2D eigenvalue weighted by Gasteiger charge is -2.23. The standard InChI is InChI=1S/C19H21ClN2O3/c1-3-4-10-22(2)17-9-8-14(19(24)25)12-16(17)21-18(23)13-6-5-7-15(20)11-13/h5-9,11-12H,3-4,10H2,1-2H3,(H,21,23)(H,24,25). The van der Waals surface area contributed by atoms with Crippen LogP contribution >= 0.6 is 11.6 Å². The van der Waals surface area contributed by atoms with Crippen molar-refractivity contribution in [3.63, 3.8) is 0 Å². The lowest BCUT2D eigenvalue weighted by atomic mass is 10.1. The third-order valence-electron chi connectivity index (χ3n) is 3.84. The van der Waals surface area contributed by atoms with E-state index in [1.54, 1.807) is 30.3 Å². The molecule has 0 radical (unpaired) electrons. The second kappa shape index (κ2) is 8.53. The first-order valence-corrected chi connectivity index (χ1v) is 8.45. The molecule has 0 saturated carbocycles. The van der Waals surface area contributed by atoms with Crippen LogP contribution in [0.3, 0.4) is 0 Å². The van der Waals surface area contributed by atoms with Gasteiger partial charge >= 0.3 is 5.97 Å². The number of carbonyl (C=O) groups is 2. The molecule has 5 nitrogen and oxygen atoms in total. The van der Waals surface area contributed by atoms with E-state index in [2.05, 4.69) is 12.2 Å². The van der Waals surface area contributed by atoms with Crippen molar-refractivity contribution in [1.29, 1.82) is 0 Å². The van der Waals surface area contributed by atoms with E-state index >= 15 is 0 Å². The SMILES string of the molecule is CCCCN(C)c1ccc(C(=O)O)cc1NC(=O)c1cccc(Cl)c1. The van der Waals surface area contributed by atoms with Crippen molar-refractivity contribution in [3.05, 3.63) is 58.6 Å². The summed E-state index contributed by atoms with van der Waals surface area (Å²) in [6.45, 7) is 2.91. The zero-order valence-corrected chi connectivity index (χ0v) is 15.0. The van der Waals surface area contributed by atoms with E-state index in [0.29, 0.717) is 16.3 Å². The van der Waals surface area contributed by atoms with Gasteiger partial charge in [0.15, 0.2) is 0 Å². The van der Waals surface area contributed by atoms with Gasteiger partial charge in [0.2, 0.25) is 0 Å². The highest BCUT2D eigenvalue weighted by molar-refractivity contribution is 6.31. The first-order chi connectivity index (χ1) is 11.9. The van der Waals surface area contributed by atoms with Crippen molar-refractivity contribution in [2.24, 2.45) is 0 Å². The Morgan fingerprint density at radius 1 is 1.16 bits per heavy atom. The normalized spacial score (nSPS) is 10.4. The molecule has 0 heterocycles. The Kier molecular flexibility index (Phi) is 6.42. The quantitative estimate of drug-likeness (QED) is 0.761. The van der Waals surface area contributed by atoms with Gasteiger partial charge < -0.3 is 15.3 Å². The molecule has 0 saturated heterocycles. The number of aromatic carboxylic acids is 1. The number of rotatable bonds is 7. The minimum Gasteiger partial charge on any atom is -0.478 e. The topological polar surface area (TPSA) is 69.6 Å². The molecule has 0 spiro atoms. The van der Waals surface area contributed by atoms with Crippen LogP contribution in [0, 0.1) is 0 Å². The second-order valence-electron chi connectivity index (χ2n) is 5.78. The first kappa shape index (κ1) is 18.8. The fourth-order valence-corrected chi connectivity index (χ4v) is 2.63. The fraction of sp³-hybridized carbons (Fsp3) is 0.263. The summed E-state index contributed by atoms with van der Waals surface area (Å²) in [5.41, 5.74) is 1.77. The number of anilines is 2. The number of unbranched alkanes of at least 4 members (excludes halogenated alkanes) is 1. The van der Waals surface area contributed by atoms with Gasteiger partial charge in [0.05, 0.1) is 16.9 Å². The average molecular weight is 361 g/mol. The Hall–Kier alpha value is -2.53. The van der Waals surface area contributed by atoms with Crippen LogP contribution in [0.15, 0.2) is 42.5 Å². The Bertz CT molecular complexity index is 777. The molecule has 0 unspecified atom stereocenters. The Balaban J connectivity index is 2.33. The molecule has 2 N–H and O–H groups in total. The lowest BCUT2D eigenvalue weighted by molar-refractivity contribution is 0.0696. The highest BCUT2D eigenvalue weighted by atomic mass is 35.5. The van der Waals surface area contributed by atoms with Gasteiger partial charge in [-0.15, -0.1) is 0 Å². The van der Waals surface area contributed by atoms with Crippen LogP contribution in [0.4, 0.5) is 11.4 Å². The van der Waals surface area contributed by atoms with E-state index in [-0.39, 0.29) is 11.5 Å². The van der Waals surface area contributed by atoms with Gasteiger partial charge in [-0.2, -0.15) is 0 Å². The molecular weight excluding hydrogens is 340 g/mol. The number of hydrogen-bond acceptors (Lipinski definition) is 3. The molecule has 0 aliphatic heterocycles. The van der Waals surface area contributed by atoms with Crippen LogP contribution in [-0.4, -0.2) is 30.6 Å². The predicted molar refractivity (Wildman–Crippen MR) is 101 cm³/mol. The number of carboxylic acids is 1.